The number of nitrogen functional groups attached to an aromatic ring is 1. The number of benzene rings is 2. The first-order chi connectivity index (χ1) is 16.3. The number of aliphatic hydroxyl groups excluding tert-OH is 1. The molecule has 5 N–H and O–H groups in total. The number of halogens is 1. The van der Waals surface area contributed by atoms with Gasteiger partial charge in [-0.1, -0.05) is 6.07 Å². The Labute approximate surface area is 207 Å². The summed E-state index contributed by atoms with van der Waals surface area (Å²) in [5, 5.41) is 20.5. The smallest absolute Gasteiger partial charge is 0.259 e. The minimum atomic E-state index is -1.74. The zero-order valence-corrected chi connectivity index (χ0v) is 19.5. The first kappa shape index (κ1) is 26.1. The van der Waals surface area contributed by atoms with E-state index < -0.39 is 24.0 Å². The molecule has 2 aliphatic rings. The number of morpholine rings is 2. The number of nitrogens with two attached hydrogens (primary N) is 1. The van der Waals surface area contributed by atoms with Crippen LogP contribution in [0.3, 0.4) is 0 Å². The maximum absolute atomic E-state index is 13.1. The van der Waals surface area contributed by atoms with Crippen LogP contribution < -0.4 is 20.9 Å². The molecule has 0 spiro atoms. The molecule has 0 unspecified atom stereocenters. The highest BCUT2D eigenvalue weighted by Crippen LogP contribution is 2.26. The van der Waals surface area contributed by atoms with Crippen LogP contribution in [0.25, 0.3) is 0 Å². The summed E-state index contributed by atoms with van der Waals surface area (Å²) in [5.74, 6) is -1.64. The minimum absolute atomic E-state index is 0. The molecule has 0 bridgehead atoms. The third kappa shape index (κ3) is 5.77. The molecule has 3 amide bonds. The van der Waals surface area contributed by atoms with Gasteiger partial charge in [0, 0.05) is 35.7 Å². The van der Waals surface area contributed by atoms with Crippen LogP contribution in [0.15, 0.2) is 48.5 Å². The van der Waals surface area contributed by atoms with E-state index in [0.29, 0.717) is 35.8 Å². The van der Waals surface area contributed by atoms with Crippen LogP contribution in [0.2, 0.25) is 0 Å². The molecule has 186 valence electrons. The van der Waals surface area contributed by atoms with Gasteiger partial charge in [0.15, 0.2) is 12.2 Å². The van der Waals surface area contributed by atoms with Crippen LogP contribution in [0, 0.1) is 5.41 Å². The Morgan fingerprint density at radius 3 is 2.40 bits per heavy atom. The molecule has 0 radical (unpaired) electrons. The second-order valence-corrected chi connectivity index (χ2v) is 7.82. The van der Waals surface area contributed by atoms with Gasteiger partial charge < -0.3 is 35.4 Å². The van der Waals surface area contributed by atoms with Gasteiger partial charge in [0.25, 0.3) is 17.7 Å². The summed E-state index contributed by atoms with van der Waals surface area (Å²) in [7, 11) is 0. The largest absolute Gasteiger partial charge is 0.384 e. The third-order valence-electron chi connectivity index (χ3n) is 5.58. The molecule has 4 rings (SSSR count). The van der Waals surface area contributed by atoms with Crippen molar-refractivity contribution in [1.29, 1.82) is 5.41 Å². The van der Waals surface area contributed by atoms with Gasteiger partial charge in [0.1, 0.15) is 12.4 Å². The van der Waals surface area contributed by atoms with E-state index in [1.54, 1.807) is 41.3 Å². The second kappa shape index (κ2) is 11.3. The first-order valence-corrected chi connectivity index (χ1v) is 10.7. The molecule has 2 aliphatic heterocycles. The Kier molecular flexibility index (Phi) is 8.41. The van der Waals surface area contributed by atoms with E-state index in [2.05, 4.69) is 5.32 Å². The van der Waals surface area contributed by atoms with Crippen molar-refractivity contribution in [3.05, 3.63) is 54.1 Å². The molecule has 35 heavy (non-hydrogen) atoms. The summed E-state index contributed by atoms with van der Waals surface area (Å²) in [4.78, 5) is 40.9. The van der Waals surface area contributed by atoms with Gasteiger partial charge in [-0.15, -0.1) is 12.4 Å². The quantitative estimate of drug-likeness (QED) is 0.330. The lowest BCUT2D eigenvalue weighted by molar-refractivity contribution is -0.150. The van der Waals surface area contributed by atoms with Gasteiger partial charge in [0.05, 0.1) is 13.2 Å². The molecule has 2 aromatic carbocycles. The number of carbonyl (C=O) groups is 3. The molecule has 0 aliphatic carbocycles. The maximum atomic E-state index is 13.1. The monoisotopic (exact) mass is 503 g/mol. The molecular formula is C23H26ClN5O6. The number of aliphatic hydroxyl groups is 1. The molecule has 12 heteroatoms. The van der Waals surface area contributed by atoms with Crippen molar-refractivity contribution in [2.24, 2.45) is 5.73 Å². The van der Waals surface area contributed by atoms with Gasteiger partial charge in [0.2, 0.25) is 0 Å². The van der Waals surface area contributed by atoms with Crippen LogP contribution in [0.5, 0.6) is 0 Å². The van der Waals surface area contributed by atoms with Gasteiger partial charge in [-0.3, -0.25) is 19.8 Å². The second-order valence-electron chi connectivity index (χ2n) is 7.82. The molecule has 2 atom stereocenters. The SMILES string of the molecule is Cl.N=C(N)c1ccc(NC(=O)[C@H](O)[C@H]2OCCN(c3cccc(N4CCOCC4=O)c3)C2=O)cc1. The van der Waals surface area contributed by atoms with Crippen molar-refractivity contribution in [2.75, 3.05) is 48.0 Å². The molecule has 2 saturated heterocycles. The van der Waals surface area contributed by atoms with Crippen LogP contribution in [0.1, 0.15) is 5.56 Å². The topological polar surface area (TPSA) is 158 Å². The van der Waals surface area contributed by atoms with Crippen LogP contribution in [-0.4, -0.2) is 73.8 Å². The predicted molar refractivity (Wildman–Crippen MR) is 131 cm³/mol. The van der Waals surface area contributed by atoms with Gasteiger partial charge in [-0.2, -0.15) is 0 Å². The van der Waals surface area contributed by atoms with Gasteiger partial charge in [-0.05, 0) is 42.5 Å². The number of ether oxygens (including phenoxy) is 2. The Hall–Kier alpha value is -3.51. The maximum Gasteiger partial charge on any atom is 0.259 e. The lowest BCUT2D eigenvalue weighted by Gasteiger charge is -2.35. The Balaban J connectivity index is 0.00000342. The Morgan fingerprint density at radius 2 is 1.74 bits per heavy atom. The molecule has 2 aromatic rings. The summed E-state index contributed by atoms with van der Waals surface area (Å²) in [6.45, 7) is 1.19. The number of nitrogens with zero attached hydrogens (tertiary/aromatic N) is 2. The normalized spacial score (nSPS) is 19.1. The van der Waals surface area contributed by atoms with Crippen molar-refractivity contribution < 1.29 is 29.0 Å². The van der Waals surface area contributed by atoms with E-state index in [1.165, 1.54) is 17.0 Å². The van der Waals surface area contributed by atoms with E-state index in [9.17, 15) is 19.5 Å². The number of hydrogen-bond acceptors (Lipinski definition) is 7. The third-order valence-corrected chi connectivity index (χ3v) is 5.58. The zero-order valence-electron chi connectivity index (χ0n) is 18.7. The molecule has 0 aromatic heterocycles. The number of amidine groups is 1. The average molecular weight is 504 g/mol. The van der Waals surface area contributed by atoms with Gasteiger partial charge in [-0.25, -0.2) is 0 Å². The fraction of sp³-hybridized carbons (Fsp3) is 0.304. The van der Waals surface area contributed by atoms with Crippen LogP contribution >= 0.6 is 12.4 Å². The average Bonchev–Trinajstić information content (AvgIpc) is 2.84. The molecule has 11 nitrogen and oxygen atoms in total. The van der Waals surface area contributed by atoms with E-state index >= 15 is 0 Å². The van der Waals surface area contributed by atoms with E-state index in [4.69, 9.17) is 20.6 Å². The van der Waals surface area contributed by atoms with Crippen LogP contribution in [-0.2, 0) is 23.9 Å². The minimum Gasteiger partial charge on any atom is -0.384 e. The number of anilines is 3. The van der Waals surface area contributed by atoms with Crippen molar-refractivity contribution >= 4 is 53.0 Å². The summed E-state index contributed by atoms with van der Waals surface area (Å²) < 4.78 is 10.6. The van der Waals surface area contributed by atoms with E-state index in [0.717, 1.165) is 0 Å². The van der Waals surface area contributed by atoms with Crippen molar-refractivity contribution in [3.8, 4) is 0 Å². The number of nitrogens with one attached hydrogen (secondary N) is 2. The molecule has 2 heterocycles. The van der Waals surface area contributed by atoms with Crippen molar-refractivity contribution in [2.45, 2.75) is 12.2 Å². The number of carbonyl (C=O) groups excluding carboxylic acids is 3. The predicted octanol–water partition coefficient (Wildman–Crippen LogP) is 0.487. The summed E-state index contributed by atoms with van der Waals surface area (Å²) in [6.07, 6.45) is -3.13. The molecule has 0 saturated carbocycles. The lowest BCUT2D eigenvalue weighted by Crippen LogP contribution is -2.55. The Morgan fingerprint density at radius 1 is 1.09 bits per heavy atom. The highest BCUT2D eigenvalue weighted by atomic mass is 35.5. The summed E-state index contributed by atoms with van der Waals surface area (Å²) >= 11 is 0. The van der Waals surface area contributed by atoms with Crippen molar-refractivity contribution in [1.82, 2.24) is 0 Å². The van der Waals surface area contributed by atoms with Crippen LogP contribution in [0.4, 0.5) is 17.1 Å². The van der Waals surface area contributed by atoms with E-state index in [1.807, 2.05) is 0 Å². The van der Waals surface area contributed by atoms with Gasteiger partial charge >= 0.3 is 0 Å². The summed E-state index contributed by atoms with van der Waals surface area (Å²) in [5.41, 5.74) is 7.44. The Bertz CT molecular complexity index is 1110. The van der Waals surface area contributed by atoms with E-state index in [-0.39, 0.29) is 43.9 Å². The fourth-order valence-electron chi connectivity index (χ4n) is 3.80. The number of amides is 3. The standard InChI is InChI=1S/C23H25N5O6.ClH/c24-21(25)14-4-6-15(7-5-14)26-22(31)19(30)20-23(32)28(9-11-34-20)17-3-1-2-16(12-17)27-8-10-33-13-18(27)29;/h1-7,12,19-20,30H,8-11,13H2,(H3,24,25)(H,26,31);1H/t19-,20-;/m1./s1. The number of hydrogen-bond donors (Lipinski definition) is 4. The molecule has 2 fully saturated rings. The first-order valence-electron chi connectivity index (χ1n) is 10.7. The number of rotatable bonds is 6. The molecular weight excluding hydrogens is 478 g/mol. The fourth-order valence-corrected chi connectivity index (χ4v) is 3.80. The zero-order chi connectivity index (χ0) is 24.2. The highest BCUT2D eigenvalue weighted by Gasteiger charge is 2.39. The summed E-state index contributed by atoms with van der Waals surface area (Å²) in [6, 6.07) is 13.1. The van der Waals surface area contributed by atoms with Crippen molar-refractivity contribution in [3.63, 3.8) is 0 Å². The highest BCUT2D eigenvalue weighted by molar-refractivity contribution is 6.04. The lowest BCUT2D eigenvalue weighted by atomic mass is 10.1.